The molecule has 0 fully saturated rings. The van der Waals surface area contributed by atoms with Gasteiger partial charge < -0.3 is 14.2 Å². The van der Waals surface area contributed by atoms with Crippen LogP contribution in [0.2, 0.25) is 5.02 Å². The Morgan fingerprint density at radius 3 is 2.31 bits per heavy atom. The molecule has 4 aromatic rings. The SMILES string of the molecule is COc1cccc(-c2nnc(NS(=O)C(C)Cc3ncc(Cl)cn3)n2-c2c(OC)cccc2OC)n1. The Morgan fingerprint density at radius 2 is 1.67 bits per heavy atom. The first-order chi connectivity index (χ1) is 17.4. The molecule has 0 radical (unpaired) electrons. The van der Waals surface area contributed by atoms with Crippen LogP contribution in [0.4, 0.5) is 5.95 Å². The summed E-state index contributed by atoms with van der Waals surface area (Å²) in [4.78, 5) is 12.9. The minimum absolute atomic E-state index is 0.208. The van der Waals surface area contributed by atoms with Gasteiger partial charge in [0.2, 0.25) is 11.8 Å². The average molecular weight is 530 g/mol. The predicted molar refractivity (Wildman–Crippen MR) is 136 cm³/mol. The summed E-state index contributed by atoms with van der Waals surface area (Å²) >= 11 is 5.87. The van der Waals surface area contributed by atoms with Crippen molar-refractivity contribution >= 4 is 28.5 Å². The maximum atomic E-state index is 13.3. The smallest absolute Gasteiger partial charge is 0.241 e. The lowest BCUT2D eigenvalue weighted by atomic mass is 10.2. The van der Waals surface area contributed by atoms with Crippen molar-refractivity contribution in [2.45, 2.75) is 18.6 Å². The van der Waals surface area contributed by atoms with E-state index in [-0.39, 0.29) is 11.2 Å². The number of anilines is 1. The minimum atomic E-state index is -1.58. The standard InChI is InChI=1S/C23H24ClN7O4S/c1-14(11-19-25-12-15(24)13-26-19)36(32)30-23-29-28-22(16-7-5-10-20(27-16)35-4)31(23)21-17(33-2)8-6-9-18(21)34-3/h5-10,12-14H,11H2,1-4H3,(H,29,30). The third-order valence-corrected chi connectivity index (χ3v) is 6.63. The van der Waals surface area contributed by atoms with E-state index in [9.17, 15) is 4.21 Å². The molecular weight excluding hydrogens is 506 g/mol. The third kappa shape index (κ3) is 5.39. The molecule has 0 saturated carbocycles. The Labute approximate surface area is 215 Å². The molecular formula is C23H24ClN7O4S. The maximum Gasteiger partial charge on any atom is 0.241 e. The Hall–Kier alpha value is -3.77. The lowest BCUT2D eigenvalue weighted by Gasteiger charge is -2.18. The fraction of sp³-hybridized carbons (Fsp3) is 0.261. The van der Waals surface area contributed by atoms with Gasteiger partial charge in [-0.25, -0.2) is 19.2 Å². The molecule has 1 aromatic carbocycles. The molecule has 3 aromatic heterocycles. The average Bonchev–Trinajstić information content (AvgIpc) is 3.32. The summed E-state index contributed by atoms with van der Waals surface area (Å²) in [7, 11) is 3.04. The summed E-state index contributed by atoms with van der Waals surface area (Å²) < 4.78 is 34.4. The number of hydrogen-bond acceptors (Lipinski definition) is 9. The summed E-state index contributed by atoms with van der Waals surface area (Å²) in [6, 6.07) is 10.6. The number of aromatic nitrogens is 6. The van der Waals surface area contributed by atoms with Crippen molar-refractivity contribution < 1.29 is 18.4 Å². The van der Waals surface area contributed by atoms with E-state index in [1.54, 1.807) is 55.2 Å². The van der Waals surface area contributed by atoms with Crippen LogP contribution in [0.5, 0.6) is 17.4 Å². The second-order valence-electron chi connectivity index (χ2n) is 7.49. The Kier molecular flexibility index (Phi) is 7.96. The number of rotatable bonds is 10. The van der Waals surface area contributed by atoms with E-state index in [0.717, 1.165) is 0 Å². The van der Waals surface area contributed by atoms with Crippen molar-refractivity contribution in [3.05, 3.63) is 59.6 Å². The zero-order valence-electron chi connectivity index (χ0n) is 20.0. The molecule has 2 atom stereocenters. The van der Waals surface area contributed by atoms with E-state index in [0.29, 0.717) is 51.9 Å². The molecule has 0 bridgehead atoms. The molecule has 0 saturated heterocycles. The molecule has 1 N–H and O–H groups in total. The van der Waals surface area contributed by atoms with Crippen molar-refractivity contribution in [1.29, 1.82) is 0 Å². The molecule has 0 aliphatic carbocycles. The van der Waals surface area contributed by atoms with Gasteiger partial charge in [0.25, 0.3) is 0 Å². The van der Waals surface area contributed by atoms with Crippen LogP contribution in [0.3, 0.4) is 0 Å². The van der Waals surface area contributed by atoms with Crippen LogP contribution >= 0.6 is 11.6 Å². The topological polar surface area (TPSA) is 126 Å². The van der Waals surface area contributed by atoms with Crippen LogP contribution < -0.4 is 18.9 Å². The number of para-hydroxylation sites is 1. The van der Waals surface area contributed by atoms with Gasteiger partial charge in [0, 0.05) is 24.9 Å². The van der Waals surface area contributed by atoms with Gasteiger partial charge in [0.05, 0.1) is 31.6 Å². The van der Waals surface area contributed by atoms with Gasteiger partial charge >= 0.3 is 0 Å². The number of pyridine rings is 1. The molecule has 4 rings (SSSR count). The molecule has 36 heavy (non-hydrogen) atoms. The molecule has 11 nitrogen and oxygen atoms in total. The summed E-state index contributed by atoms with van der Waals surface area (Å²) in [6.45, 7) is 1.82. The fourth-order valence-corrected chi connectivity index (χ4v) is 4.31. The Bertz CT molecular complexity index is 1340. The number of benzene rings is 1. The van der Waals surface area contributed by atoms with E-state index >= 15 is 0 Å². The normalized spacial score (nSPS) is 12.6. The highest BCUT2D eigenvalue weighted by molar-refractivity contribution is 7.86. The zero-order chi connectivity index (χ0) is 25.7. The molecule has 0 spiro atoms. The minimum Gasteiger partial charge on any atom is -0.494 e. The van der Waals surface area contributed by atoms with Crippen LogP contribution in [-0.4, -0.2) is 60.5 Å². The van der Waals surface area contributed by atoms with E-state index in [4.69, 9.17) is 25.8 Å². The first kappa shape index (κ1) is 25.3. The van der Waals surface area contributed by atoms with Crippen LogP contribution in [-0.2, 0) is 17.4 Å². The molecule has 3 heterocycles. The van der Waals surface area contributed by atoms with Crippen LogP contribution in [0.1, 0.15) is 12.7 Å². The van der Waals surface area contributed by atoms with Gasteiger partial charge in [-0.1, -0.05) is 23.7 Å². The summed E-state index contributed by atoms with van der Waals surface area (Å²) in [5.41, 5.74) is 0.997. The molecule has 188 valence electrons. The predicted octanol–water partition coefficient (Wildman–Crippen LogP) is 3.51. The van der Waals surface area contributed by atoms with Crippen molar-refractivity contribution in [2.24, 2.45) is 0 Å². The second-order valence-corrected chi connectivity index (χ2v) is 9.53. The number of ether oxygens (including phenoxy) is 3. The summed E-state index contributed by atoms with van der Waals surface area (Å²) in [5, 5.41) is 8.69. The van der Waals surface area contributed by atoms with Crippen molar-refractivity contribution in [3.63, 3.8) is 0 Å². The van der Waals surface area contributed by atoms with Crippen LogP contribution in [0, 0.1) is 0 Å². The van der Waals surface area contributed by atoms with Gasteiger partial charge in [0.15, 0.2) is 5.82 Å². The number of halogens is 1. The first-order valence-corrected chi connectivity index (χ1v) is 12.4. The highest BCUT2D eigenvalue weighted by Crippen LogP contribution is 2.37. The quantitative estimate of drug-likeness (QED) is 0.328. The Morgan fingerprint density at radius 1 is 1.00 bits per heavy atom. The lowest BCUT2D eigenvalue weighted by Crippen LogP contribution is -2.23. The lowest BCUT2D eigenvalue weighted by molar-refractivity contribution is 0.391. The number of hydrogen-bond donors (Lipinski definition) is 1. The van der Waals surface area contributed by atoms with Gasteiger partial charge in [-0.15, -0.1) is 10.2 Å². The third-order valence-electron chi connectivity index (χ3n) is 5.15. The molecule has 0 amide bonds. The first-order valence-electron chi connectivity index (χ1n) is 10.8. The fourth-order valence-electron chi connectivity index (χ4n) is 3.40. The van der Waals surface area contributed by atoms with E-state index in [1.807, 2.05) is 6.92 Å². The van der Waals surface area contributed by atoms with Crippen molar-refractivity contribution in [3.8, 4) is 34.6 Å². The van der Waals surface area contributed by atoms with E-state index in [1.165, 1.54) is 19.5 Å². The van der Waals surface area contributed by atoms with E-state index in [2.05, 4.69) is 29.9 Å². The molecule has 13 heteroatoms. The maximum absolute atomic E-state index is 13.3. The zero-order valence-corrected chi connectivity index (χ0v) is 21.6. The van der Waals surface area contributed by atoms with E-state index < -0.39 is 11.0 Å². The van der Waals surface area contributed by atoms with Gasteiger partial charge in [0.1, 0.15) is 39.7 Å². The van der Waals surface area contributed by atoms with Gasteiger partial charge in [-0.2, -0.15) is 0 Å². The highest BCUT2D eigenvalue weighted by Gasteiger charge is 2.25. The Balaban J connectivity index is 1.76. The van der Waals surface area contributed by atoms with Gasteiger partial charge in [-0.05, 0) is 25.1 Å². The van der Waals surface area contributed by atoms with Crippen molar-refractivity contribution in [2.75, 3.05) is 26.1 Å². The number of methoxy groups -OCH3 is 3. The van der Waals surface area contributed by atoms with Crippen LogP contribution in [0.15, 0.2) is 48.8 Å². The molecule has 2 unspecified atom stereocenters. The van der Waals surface area contributed by atoms with Crippen LogP contribution in [0.25, 0.3) is 17.2 Å². The molecule has 0 aliphatic rings. The second kappa shape index (κ2) is 11.3. The largest absolute Gasteiger partial charge is 0.494 e. The number of nitrogens with one attached hydrogen (secondary N) is 1. The van der Waals surface area contributed by atoms with Crippen molar-refractivity contribution in [1.82, 2.24) is 29.7 Å². The summed E-state index contributed by atoms with van der Waals surface area (Å²) in [5.74, 6) is 2.49. The molecule has 0 aliphatic heterocycles. The highest BCUT2D eigenvalue weighted by atomic mass is 35.5. The monoisotopic (exact) mass is 529 g/mol. The number of nitrogens with zero attached hydrogens (tertiary/aromatic N) is 6. The van der Waals surface area contributed by atoms with Gasteiger partial charge in [-0.3, -0.25) is 9.29 Å². The summed E-state index contributed by atoms with van der Waals surface area (Å²) in [6.07, 6.45) is 3.36.